The Morgan fingerprint density at radius 1 is 0.714 bits per heavy atom. The van der Waals surface area contributed by atoms with Crippen LogP contribution in [0.25, 0.3) is 16.7 Å². The van der Waals surface area contributed by atoms with Crippen molar-refractivity contribution in [2.24, 2.45) is 0 Å². The summed E-state index contributed by atoms with van der Waals surface area (Å²) in [5, 5.41) is 0. The molecule has 0 N–H and O–H groups in total. The van der Waals surface area contributed by atoms with E-state index in [0.29, 0.717) is 6.42 Å². The molecule has 0 bridgehead atoms. The summed E-state index contributed by atoms with van der Waals surface area (Å²) in [6.45, 7) is 4.06. The van der Waals surface area contributed by atoms with Gasteiger partial charge < -0.3 is 0 Å². The zero-order valence-electron chi connectivity index (χ0n) is 18.8. The van der Waals surface area contributed by atoms with E-state index in [9.17, 15) is 22.0 Å². The molecular weight excluding hydrogens is 581 g/mol. The third kappa shape index (κ3) is 4.32. The largest absolute Gasteiger partial charge is 0.147 e. The Morgan fingerprint density at radius 3 is 1.66 bits per heavy atom. The van der Waals surface area contributed by atoms with Crippen molar-refractivity contribution in [3.63, 3.8) is 0 Å². The molecule has 35 heavy (non-hydrogen) atoms. The van der Waals surface area contributed by atoms with Crippen LogP contribution in [-0.2, 0) is 21.3 Å². The van der Waals surface area contributed by atoms with Crippen molar-refractivity contribution in [1.29, 1.82) is 0 Å². The number of fused-ring (bicyclic) bond motifs is 3. The normalized spacial score (nSPS) is 13.8. The predicted octanol–water partition coefficient (Wildman–Crippen LogP) is 8.50. The van der Waals surface area contributed by atoms with Crippen molar-refractivity contribution in [2.45, 2.75) is 23.9 Å². The fraction of sp³-hybridized carbons (Fsp3) is 0.148. The van der Waals surface area contributed by atoms with Crippen molar-refractivity contribution in [3.8, 4) is 11.1 Å². The molecule has 0 saturated carbocycles. The summed E-state index contributed by atoms with van der Waals surface area (Å²) >= 11 is -2.91. The first-order valence-electron chi connectivity index (χ1n) is 10.6. The Hall–Kier alpha value is -1.88. The number of rotatable bonds is 3. The SMILES string of the molecule is C[C](C)=[Zr]([C]1=C(c2c(F)c(F)c(F)c(F)c2F)C=CC1)[CH]1c2ccccc2-c2ccccc21.Cl.Cl. The Kier molecular flexibility index (Phi) is 8.41. The van der Waals surface area contributed by atoms with Crippen LogP contribution in [0.1, 0.15) is 40.6 Å². The zero-order valence-corrected chi connectivity index (χ0v) is 22.9. The van der Waals surface area contributed by atoms with Gasteiger partial charge in [0.05, 0.1) is 0 Å². The monoisotopic (exact) mass is 600 g/mol. The van der Waals surface area contributed by atoms with Gasteiger partial charge in [0.1, 0.15) is 0 Å². The Morgan fingerprint density at radius 2 is 1.17 bits per heavy atom. The zero-order chi connectivity index (χ0) is 23.4. The topological polar surface area (TPSA) is 0 Å². The summed E-state index contributed by atoms with van der Waals surface area (Å²) in [5.74, 6) is -9.48. The van der Waals surface area contributed by atoms with E-state index in [1.165, 1.54) is 20.4 Å². The third-order valence-electron chi connectivity index (χ3n) is 6.40. The molecule has 0 fully saturated rings. The van der Waals surface area contributed by atoms with Gasteiger partial charge in [0, 0.05) is 0 Å². The first kappa shape index (κ1) is 27.7. The average Bonchev–Trinajstić information content (AvgIpc) is 3.41. The molecule has 2 aliphatic rings. The summed E-state index contributed by atoms with van der Waals surface area (Å²) in [4.78, 5) is 0. The smallest absolute Gasteiger partial charge is 0.147 e. The van der Waals surface area contributed by atoms with E-state index in [4.69, 9.17) is 0 Å². The molecule has 8 heteroatoms. The number of benzene rings is 3. The van der Waals surface area contributed by atoms with Crippen molar-refractivity contribution in [2.75, 3.05) is 0 Å². The van der Waals surface area contributed by atoms with Gasteiger partial charge in [-0.05, 0) is 0 Å². The standard InChI is InChI=1S/C13H9.C11H4F5.C3H6.2ClH.Zr/c1-3-7-12-10(5-1)9-11-6-2-4-8-13(11)12;12-7-6(5-3-1-2-4-5)8(13)10(15)11(16)9(7)14;1-3-2;;;/h1-9H;1,3H,2H2;1-2H3;2*1H;. The molecule has 0 heterocycles. The summed E-state index contributed by atoms with van der Waals surface area (Å²) in [6, 6.07) is 16.3. The first-order chi connectivity index (χ1) is 15.8. The van der Waals surface area contributed by atoms with Gasteiger partial charge in [-0.15, -0.1) is 24.8 Å². The molecule has 182 valence electrons. The Bertz CT molecular complexity index is 1350. The average molecular weight is 603 g/mol. The summed E-state index contributed by atoms with van der Waals surface area (Å²) < 4.78 is 73.4. The van der Waals surface area contributed by atoms with Crippen molar-refractivity contribution < 1.29 is 43.2 Å². The van der Waals surface area contributed by atoms with Crippen LogP contribution in [0, 0.1) is 29.1 Å². The van der Waals surface area contributed by atoms with Crippen LogP contribution < -0.4 is 0 Å². The molecule has 0 nitrogen and oxygen atoms in total. The van der Waals surface area contributed by atoms with Gasteiger partial charge in [0.25, 0.3) is 0 Å². The minimum atomic E-state index is -2.91. The summed E-state index contributed by atoms with van der Waals surface area (Å²) in [7, 11) is 0. The number of hydrogen-bond donors (Lipinski definition) is 0. The second-order valence-corrected chi connectivity index (χ2v) is 15.9. The van der Waals surface area contributed by atoms with Crippen LogP contribution in [0.3, 0.4) is 0 Å². The van der Waals surface area contributed by atoms with Gasteiger partial charge in [0.15, 0.2) is 0 Å². The molecule has 0 radical (unpaired) electrons. The number of halogens is 7. The molecule has 3 aromatic carbocycles. The van der Waals surface area contributed by atoms with Crippen LogP contribution in [-0.4, -0.2) is 3.21 Å². The molecule has 0 aliphatic heterocycles. The van der Waals surface area contributed by atoms with Crippen LogP contribution in [0.4, 0.5) is 22.0 Å². The van der Waals surface area contributed by atoms with Crippen LogP contribution in [0.2, 0.25) is 0 Å². The van der Waals surface area contributed by atoms with E-state index >= 15 is 0 Å². The molecule has 0 atom stereocenters. The molecule has 0 saturated heterocycles. The van der Waals surface area contributed by atoms with E-state index < -0.39 is 55.9 Å². The van der Waals surface area contributed by atoms with Crippen LogP contribution in [0.15, 0.2) is 64.0 Å². The molecule has 0 unspecified atom stereocenters. The van der Waals surface area contributed by atoms with Crippen LogP contribution in [0.5, 0.6) is 0 Å². The quantitative estimate of drug-likeness (QED) is 0.160. The number of hydrogen-bond acceptors (Lipinski definition) is 0. The Labute approximate surface area is 220 Å². The minimum Gasteiger partial charge on any atom is -0.147 e. The van der Waals surface area contributed by atoms with E-state index in [2.05, 4.69) is 24.3 Å². The second-order valence-electron chi connectivity index (χ2n) is 8.46. The molecular formula is C27H21Cl2F5Zr. The number of allylic oxidation sites excluding steroid dienone is 4. The van der Waals surface area contributed by atoms with E-state index in [-0.39, 0.29) is 34.0 Å². The van der Waals surface area contributed by atoms with Gasteiger partial charge in [-0.2, -0.15) is 0 Å². The summed E-state index contributed by atoms with van der Waals surface area (Å²) in [5.41, 5.74) is 3.97. The van der Waals surface area contributed by atoms with Gasteiger partial charge in [-0.3, -0.25) is 0 Å². The fourth-order valence-corrected chi connectivity index (χ4v) is 13.6. The Balaban J connectivity index is 0.00000171. The van der Waals surface area contributed by atoms with Gasteiger partial charge in [0.2, 0.25) is 0 Å². The fourth-order valence-electron chi connectivity index (χ4n) is 5.07. The molecule has 2 aliphatic carbocycles. The maximum Gasteiger partial charge on any atom is -0.147 e. The van der Waals surface area contributed by atoms with Gasteiger partial charge in [-0.1, -0.05) is 0 Å². The molecule has 0 spiro atoms. The van der Waals surface area contributed by atoms with E-state index in [1.54, 1.807) is 6.08 Å². The third-order valence-corrected chi connectivity index (χ3v) is 14.8. The summed E-state index contributed by atoms with van der Waals surface area (Å²) in [6.07, 6.45) is 3.73. The van der Waals surface area contributed by atoms with Crippen molar-refractivity contribution >= 4 is 33.6 Å². The van der Waals surface area contributed by atoms with E-state index in [1.807, 2.05) is 38.1 Å². The maximum atomic E-state index is 14.8. The van der Waals surface area contributed by atoms with E-state index in [0.717, 1.165) is 14.4 Å². The van der Waals surface area contributed by atoms with Crippen molar-refractivity contribution in [1.82, 2.24) is 0 Å². The van der Waals surface area contributed by atoms with Gasteiger partial charge in [-0.25, -0.2) is 0 Å². The minimum absolute atomic E-state index is 0. The maximum absolute atomic E-state index is 14.8. The predicted molar refractivity (Wildman–Crippen MR) is 131 cm³/mol. The molecule has 5 rings (SSSR count). The second kappa shape index (κ2) is 10.6. The molecule has 3 aromatic rings. The van der Waals surface area contributed by atoms with Crippen LogP contribution >= 0.6 is 24.8 Å². The van der Waals surface area contributed by atoms with Gasteiger partial charge >= 0.3 is 197 Å². The molecule has 0 aromatic heterocycles. The van der Waals surface area contributed by atoms with Crippen molar-refractivity contribution in [3.05, 3.63) is 110 Å². The molecule has 0 amide bonds. The first-order valence-corrected chi connectivity index (χ1v) is 14.5.